The number of benzene rings is 9. The summed E-state index contributed by atoms with van der Waals surface area (Å²) in [6.45, 7) is 0. The van der Waals surface area contributed by atoms with Crippen LogP contribution >= 0.6 is 0 Å². The topological polar surface area (TPSA) is 29.5 Å². The predicted molar refractivity (Wildman–Crippen MR) is 229 cm³/mol. The van der Waals surface area contributed by atoms with E-state index in [1.807, 2.05) is 12.1 Å². The monoisotopic (exact) mass is 703 g/mol. The molecule has 0 bridgehead atoms. The minimum atomic E-state index is 0.849. The summed E-state index contributed by atoms with van der Waals surface area (Å²) in [7, 11) is 0. The van der Waals surface area contributed by atoms with Crippen LogP contribution in [0, 0.1) is 0 Å². The van der Waals surface area contributed by atoms with Crippen LogP contribution < -0.4 is 4.90 Å². The Morgan fingerprint density at radius 2 is 1.00 bits per heavy atom. The maximum Gasteiger partial charge on any atom is 0.143 e. The molecule has 0 saturated heterocycles. The number of rotatable bonds is 6. The van der Waals surface area contributed by atoms with Gasteiger partial charge in [-0.05, 0) is 87.8 Å². The van der Waals surface area contributed by atoms with E-state index < -0.39 is 0 Å². The van der Waals surface area contributed by atoms with Crippen molar-refractivity contribution >= 4 is 71.7 Å². The number of hydrogen-bond acceptors (Lipinski definition) is 3. The second-order valence-corrected chi connectivity index (χ2v) is 14.0. The first-order valence-electron chi connectivity index (χ1n) is 18.7. The fraction of sp³-hybridized carbons (Fsp3) is 0. The second-order valence-electron chi connectivity index (χ2n) is 14.0. The van der Waals surface area contributed by atoms with Crippen LogP contribution in [0.2, 0.25) is 0 Å². The molecular weight excluding hydrogens is 671 g/mol. The molecule has 0 fully saturated rings. The molecular formula is C52H33NO2. The molecule has 2 aromatic heterocycles. The van der Waals surface area contributed by atoms with Gasteiger partial charge in [0.2, 0.25) is 0 Å². The lowest BCUT2D eigenvalue weighted by atomic mass is 9.95. The van der Waals surface area contributed by atoms with Crippen LogP contribution in [0.5, 0.6) is 0 Å². The lowest BCUT2D eigenvalue weighted by Gasteiger charge is -2.29. The van der Waals surface area contributed by atoms with Crippen molar-refractivity contribution in [3.05, 3.63) is 200 Å². The normalized spacial score (nSPS) is 11.6. The largest absolute Gasteiger partial charge is 0.456 e. The molecule has 0 aliphatic heterocycles. The summed E-state index contributed by atoms with van der Waals surface area (Å²) in [5.41, 5.74) is 13.5. The Kier molecular flexibility index (Phi) is 7.17. The zero-order valence-electron chi connectivity index (χ0n) is 29.8. The van der Waals surface area contributed by atoms with Gasteiger partial charge in [-0.15, -0.1) is 0 Å². The molecule has 3 heteroatoms. The first kappa shape index (κ1) is 31.2. The standard InChI is InChI=1S/C52H33NO2/c1-3-14-34(15-4-1)37-29-31-45(44(33-37)35-16-5-2-6-17-35)53(46-24-13-27-49-51(46)43-30-28-36-18-7-8-21-41(36)52(43)55-49)39-20-11-19-38(32-39)40-23-12-26-48-50(40)42-22-9-10-25-47(42)54-48/h1-33H. The van der Waals surface area contributed by atoms with Crippen molar-refractivity contribution in [3.8, 4) is 33.4 Å². The first-order valence-corrected chi connectivity index (χ1v) is 18.7. The van der Waals surface area contributed by atoms with E-state index in [2.05, 4.69) is 193 Å². The lowest BCUT2D eigenvalue weighted by molar-refractivity contribution is 0.669. The average Bonchev–Trinajstić information content (AvgIpc) is 3.84. The Hall–Kier alpha value is -7.36. The van der Waals surface area contributed by atoms with Gasteiger partial charge in [0.05, 0.1) is 16.8 Å². The molecule has 0 N–H and O–H groups in total. The van der Waals surface area contributed by atoms with Gasteiger partial charge in [0.1, 0.15) is 22.3 Å². The number of hydrogen-bond donors (Lipinski definition) is 0. The van der Waals surface area contributed by atoms with E-state index in [4.69, 9.17) is 8.83 Å². The first-order chi connectivity index (χ1) is 27.3. The van der Waals surface area contributed by atoms with Crippen molar-refractivity contribution in [2.45, 2.75) is 0 Å². The van der Waals surface area contributed by atoms with Crippen LogP contribution in [-0.2, 0) is 0 Å². The average molecular weight is 704 g/mol. The maximum atomic E-state index is 6.76. The van der Waals surface area contributed by atoms with E-state index in [1.165, 1.54) is 5.56 Å². The third-order valence-corrected chi connectivity index (χ3v) is 10.9. The van der Waals surface area contributed by atoms with Gasteiger partial charge in [-0.2, -0.15) is 0 Å². The highest BCUT2D eigenvalue weighted by atomic mass is 16.3. The molecule has 0 radical (unpaired) electrons. The van der Waals surface area contributed by atoms with Gasteiger partial charge in [0, 0.05) is 32.8 Å². The molecule has 0 spiro atoms. The molecule has 0 atom stereocenters. The van der Waals surface area contributed by atoms with E-state index in [0.717, 1.165) is 99.5 Å². The number of fused-ring (bicyclic) bond motifs is 8. The van der Waals surface area contributed by atoms with Gasteiger partial charge in [0.25, 0.3) is 0 Å². The Morgan fingerprint density at radius 1 is 0.327 bits per heavy atom. The minimum Gasteiger partial charge on any atom is -0.456 e. The van der Waals surface area contributed by atoms with Crippen molar-refractivity contribution in [1.29, 1.82) is 0 Å². The highest BCUT2D eigenvalue weighted by molar-refractivity contribution is 6.20. The van der Waals surface area contributed by atoms with E-state index >= 15 is 0 Å². The van der Waals surface area contributed by atoms with Crippen LogP contribution in [0.4, 0.5) is 17.1 Å². The molecule has 0 unspecified atom stereocenters. The Balaban J connectivity index is 1.21. The second kappa shape index (κ2) is 12.6. The van der Waals surface area contributed by atoms with Crippen LogP contribution in [0.15, 0.2) is 209 Å². The van der Waals surface area contributed by atoms with Crippen molar-refractivity contribution in [2.24, 2.45) is 0 Å². The van der Waals surface area contributed by atoms with E-state index in [0.29, 0.717) is 0 Å². The highest BCUT2D eigenvalue weighted by Gasteiger charge is 2.24. The molecule has 2 heterocycles. The van der Waals surface area contributed by atoms with Crippen LogP contribution in [0.1, 0.15) is 0 Å². The Labute approximate surface area is 317 Å². The molecule has 3 nitrogen and oxygen atoms in total. The van der Waals surface area contributed by atoms with Crippen molar-refractivity contribution in [2.75, 3.05) is 4.90 Å². The Morgan fingerprint density at radius 3 is 1.85 bits per heavy atom. The number of nitrogens with zero attached hydrogens (tertiary/aromatic N) is 1. The van der Waals surface area contributed by atoms with Gasteiger partial charge >= 0.3 is 0 Å². The maximum absolute atomic E-state index is 6.76. The van der Waals surface area contributed by atoms with Gasteiger partial charge < -0.3 is 13.7 Å². The summed E-state index contributed by atoms with van der Waals surface area (Å²) in [5.74, 6) is 0. The van der Waals surface area contributed by atoms with Crippen molar-refractivity contribution in [3.63, 3.8) is 0 Å². The fourth-order valence-corrected chi connectivity index (χ4v) is 8.35. The van der Waals surface area contributed by atoms with Crippen molar-refractivity contribution in [1.82, 2.24) is 0 Å². The molecule has 258 valence electrons. The van der Waals surface area contributed by atoms with Crippen LogP contribution in [0.3, 0.4) is 0 Å². The highest BCUT2D eigenvalue weighted by Crippen LogP contribution is 2.48. The van der Waals surface area contributed by atoms with Gasteiger partial charge in [-0.25, -0.2) is 0 Å². The summed E-state index contributed by atoms with van der Waals surface area (Å²) in [4.78, 5) is 2.42. The molecule has 0 amide bonds. The van der Waals surface area contributed by atoms with Gasteiger partial charge in [-0.1, -0.05) is 146 Å². The number of furan rings is 2. The quantitative estimate of drug-likeness (QED) is 0.173. The van der Waals surface area contributed by atoms with Crippen molar-refractivity contribution < 1.29 is 8.83 Å². The number of para-hydroxylation sites is 1. The summed E-state index contributed by atoms with van der Waals surface area (Å²) in [5, 5.41) is 6.65. The molecule has 0 aliphatic carbocycles. The van der Waals surface area contributed by atoms with Gasteiger partial charge in [0.15, 0.2) is 0 Å². The summed E-state index contributed by atoms with van der Waals surface area (Å²) >= 11 is 0. The third kappa shape index (κ3) is 5.13. The molecule has 11 aromatic rings. The third-order valence-electron chi connectivity index (χ3n) is 10.9. The Bertz CT molecular complexity index is 3210. The van der Waals surface area contributed by atoms with Gasteiger partial charge in [-0.3, -0.25) is 0 Å². The SMILES string of the molecule is c1ccc(-c2ccc(N(c3cccc(-c4cccc5oc6ccccc6c45)c3)c3cccc4oc5c6ccccc6ccc5c34)c(-c3ccccc3)c2)cc1. The fourth-order valence-electron chi connectivity index (χ4n) is 8.35. The zero-order chi connectivity index (χ0) is 36.3. The lowest BCUT2D eigenvalue weighted by Crippen LogP contribution is -2.12. The molecule has 9 aromatic carbocycles. The van der Waals surface area contributed by atoms with Crippen LogP contribution in [-0.4, -0.2) is 0 Å². The van der Waals surface area contributed by atoms with E-state index in [1.54, 1.807) is 0 Å². The predicted octanol–water partition coefficient (Wildman–Crippen LogP) is 15.1. The molecule has 55 heavy (non-hydrogen) atoms. The minimum absolute atomic E-state index is 0.849. The molecule has 11 rings (SSSR count). The van der Waals surface area contributed by atoms with Crippen LogP contribution in [0.25, 0.3) is 88.0 Å². The smallest absolute Gasteiger partial charge is 0.143 e. The van der Waals surface area contributed by atoms with E-state index in [-0.39, 0.29) is 0 Å². The zero-order valence-corrected chi connectivity index (χ0v) is 29.8. The van der Waals surface area contributed by atoms with E-state index in [9.17, 15) is 0 Å². The molecule has 0 aliphatic rings. The summed E-state index contributed by atoms with van der Waals surface area (Å²) < 4.78 is 13.1. The molecule has 0 saturated carbocycles. The number of anilines is 3. The summed E-state index contributed by atoms with van der Waals surface area (Å²) in [6.07, 6.45) is 0. The summed E-state index contributed by atoms with van der Waals surface area (Å²) in [6, 6.07) is 71.0.